The Hall–Kier alpha value is -0.570. The summed E-state index contributed by atoms with van der Waals surface area (Å²) in [6, 6.07) is 0. The van der Waals surface area contributed by atoms with Crippen molar-refractivity contribution in [2.24, 2.45) is 0 Å². The van der Waals surface area contributed by atoms with Gasteiger partial charge in [-0.25, -0.2) is 0 Å². The SMILES string of the molecule is CC(C)OCCCNC=O. The lowest BCUT2D eigenvalue weighted by molar-refractivity contribution is -0.109. The van der Waals surface area contributed by atoms with E-state index in [0.29, 0.717) is 13.0 Å². The van der Waals surface area contributed by atoms with Gasteiger partial charge in [0.05, 0.1) is 6.10 Å². The van der Waals surface area contributed by atoms with Gasteiger partial charge in [0.25, 0.3) is 0 Å². The Morgan fingerprint density at radius 2 is 2.30 bits per heavy atom. The first kappa shape index (κ1) is 9.43. The van der Waals surface area contributed by atoms with E-state index >= 15 is 0 Å². The fraction of sp³-hybridized carbons (Fsp3) is 0.857. The fourth-order valence-electron chi connectivity index (χ4n) is 0.552. The molecule has 0 radical (unpaired) electrons. The van der Waals surface area contributed by atoms with Crippen molar-refractivity contribution in [2.75, 3.05) is 13.2 Å². The van der Waals surface area contributed by atoms with Gasteiger partial charge in [-0.15, -0.1) is 0 Å². The Balaban J connectivity index is 2.83. The van der Waals surface area contributed by atoms with Gasteiger partial charge in [0, 0.05) is 13.2 Å². The Bertz CT molecular complexity index is 83.7. The highest BCUT2D eigenvalue weighted by atomic mass is 16.5. The van der Waals surface area contributed by atoms with Gasteiger partial charge in [-0.1, -0.05) is 0 Å². The second-order valence-electron chi connectivity index (χ2n) is 2.35. The smallest absolute Gasteiger partial charge is 0.207 e. The van der Waals surface area contributed by atoms with Gasteiger partial charge in [-0.2, -0.15) is 0 Å². The highest BCUT2D eigenvalue weighted by molar-refractivity contribution is 5.45. The first-order valence-electron chi connectivity index (χ1n) is 3.56. The number of amides is 1. The summed E-state index contributed by atoms with van der Waals surface area (Å²) in [6.07, 6.45) is 1.88. The van der Waals surface area contributed by atoms with Gasteiger partial charge in [0.1, 0.15) is 0 Å². The molecule has 0 unspecified atom stereocenters. The molecular weight excluding hydrogens is 130 g/mol. The van der Waals surface area contributed by atoms with Crippen molar-refractivity contribution in [3.05, 3.63) is 0 Å². The molecule has 1 amide bonds. The van der Waals surface area contributed by atoms with Crippen LogP contribution in [0.3, 0.4) is 0 Å². The second kappa shape index (κ2) is 6.55. The van der Waals surface area contributed by atoms with Crippen LogP contribution in [0.15, 0.2) is 0 Å². The summed E-state index contributed by atoms with van der Waals surface area (Å²) in [7, 11) is 0. The molecule has 1 N–H and O–H groups in total. The lowest BCUT2D eigenvalue weighted by Gasteiger charge is -2.05. The third-order valence-corrected chi connectivity index (χ3v) is 1.000. The number of hydrogen-bond donors (Lipinski definition) is 1. The van der Waals surface area contributed by atoms with Crippen LogP contribution in [0.1, 0.15) is 20.3 Å². The minimum atomic E-state index is 0.288. The van der Waals surface area contributed by atoms with E-state index in [1.165, 1.54) is 0 Å². The van der Waals surface area contributed by atoms with Crippen LogP contribution < -0.4 is 5.32 Å². The first-order valence-corrected chi connectivity index (χ1v) is 3.56. The number of nitrogens with one attached hydrogen (secondary N) is 1. The first-order chi connectivity index (χ1) is 4.77. The fourth-order valence-corrected chi connectivity index (χ4v) is 0.552. The van der Waals surface area contributed by atoms with Gasteiger partial charge >= 0.3 is 0 Å². The van der Waals surface area contributed by atoms with Crippen LogP contribution in [0, 0.1) is 0 Å². The van der Waals surface area contributed by atoms with Crippen molar-refractivity contribution in [3.8, 4) is 0 Å². The zero-order valence-corrected chi connectivity index (χ0v) is 6.59. The molecule has 0 aliphatic heterocycles. The monoisotopic (exact) mass is 145 g/mol. The van der Waals surface area contributed by atoms with Gasteiger partial charge in [-0.3, -0.25) is 4.79 Å². The molecule has 0 heterocycles. The predicted octanol–water partition coefficient (Wildman–Crippen LogP) is 0.547. The summed E-state index contributed by atoms with van der Waals surface area (Å²) in [5.74, 6) is 0. The molecule has 0 aromatic rings. The van der Waals surface area contributed by atoms with Crippen LogP contribution in [-0.2, 0) is 9.53 Å². The van der Waals surface area contributed by atoms with E-state index in [0.717, 1.165) is 13.0 Å². The molecule has 0 aliphatic rings. The summed E-state index contributed by atoms with van der Waals surface area (Å²) in [6.45, 7) is 5.41. The summed E-state index contributed by atoms with van der Waals surface area (Å²) in [4.78, 5) is 9.75. The maximum atomic E-state index is 9.75. The highest BCUT2D eigenvalue weighted by Gasteiger charge is 1.91. The van der Waals surface area contributed by atoms with Crippen LogP contribution in [0.2, 0.25) is 0 Å². The van der Waals surface area contributed by atoms with E-state index in [9.17, 15) is 4.79 Å². The molecule has 0 atom stereocenters. The van der Waals surface area contributed by atoms with E-state index in [-0.39, 0.29) is 6.10 Å². The van der Waals surface area contributed by atoms with Crippen molar-refractivity contribution >= 4 is 6.41 Å². The molecule has 0 bridgehead atoms. The molecule has 0 spiro atoms. The molecule has 0 saturated heterocycles. The third-order valence-electron chi connectivity index (χ3n) is 1.000. The van der Waals surface area contributed by atoms with Crippen molar-refractivity contribution in [1.82, 2.24) is 5.32 Å². The quantitative estimate of drug-likeness (QED) is 0.438. The highest BCUT2D eigenvalue weighted by Crippen LogP contribution is 1.88. The maximum absolute atomic E-state index is 9.75. The molecule has 3 nitrogen and oxygen atoms in total. The lowest BCUT2D eigenvalue weighted by atomic mass is 10.4. The maximum Gasteiger partial charge on any atom is 0.207 e. The molecule has 0 rings (SSSR count). The van der Waals surface area contributed by atoms with Crippen molar-refractivity contribution in [2.45, 2.75) is 26.4 Å². The summed E-state index contributed by atoms with van der Waals surface area (Å²) >= 11 is 0. The number of carbonyl (C=O) groups is 1. The molecule has 10 heavy (non-hydrogen) atoms. The largest absolute Gasteiger partial charge is 0.379 e. The van der Waals surface area contributed by atoms with E-state index in [4.69, 9.17) is 4.74 Å². The molecule has 3 heteroatoms. The van der Waals surface area contributed by atoms with Crippen LogP contribution in [0.4, 0.5) is 0 Å². The van der Waals surface area contributed by atoms with Crippen LogP contribution in [0.25, 0.3) is 0 Å². The Kier molecular flexibility index (Phi) is 6.18. The molecule has 0 aromatic heterocycles. The zero-order chi connectivity index (χ0) is 7.82. The van der Waals surface area contributed by atoms with E-state index in [1.807, 2.05) is 13.8 Å². The Labute approximate surface area is 61.8 Å². The number of ether oxygens (including phenoxy) is 1. The topological polar surface area (TPSA) is 38.3 Å². The van der Waals surface area contributed by atoms with Crippen LogP contribution >= 0.6 is 0 Å². The lowest BCUT2D eigenvalue weighted by Crippen LogP contribution is -2.15. The average Bonchev–Trinajstić information content (AvgIpc) is 1.87. The van der Waals surface area contributed by atoms with Crippen LogP contribution in [-0.4, -0.2) is 25.7 Å². The average molecular weight is 145 g/mol. The Morgan fingerprint density at radius 1 is 1.60 bits per heavy atom. The van der Waals surface area contributed by atoms with Crippen LogP contribution in [0.5, 0.6) is 0 Å². The number of hydrogen-bond acceptors (Lipinski definition) is 2. The van der Waals surface area contributed by atoms with Crippen molar-refractivity contribution in [3.63, 3.8) is 0 Å². The molecular formula is C7H15NO2. The minimum Gasteiger partial charge on any atom is -0.379 e. The van der Waals surface area contributed by atoms with Crippen molar-refractivity contribution < 1.29 is 9.53 Å². The zero-order valence-electron chi connectivity index (χ0n) is 6.59. The van der Waals surface area contributed by atoms with Crippen molar-refractivity contribution in [1.29, 1.82) is 0 Å². The molecule has 0 aliphatic carbocycles. The number of rotatable bonds is 6. The molecule has 0 aromatic carbocycles. The van der Waals surface area contributed by atoms with Gasteiger partial charge in [0.2, 0.25) is 6.41 Å². The standard InChI is InChI=1S/C7H15NO2/c1-7(2)10-5-3-4-8-6-9/h6-7H,3-5H2,1-2H3,(H,8,9). The Morgan fingerprint density at radius 3 is 2.80 bits per heavy atom. The normalized spacial score (nSPS) is 9.90. The third kappa shape index (κ3) is 7.43. The summed E-state index contributed by atoms with van der Waals surface area (Å²) in [5.41, 5.74) is 0. The molecule has 0 fully saturated rings. The predicted molar refractivity (Wildman–Crippen MR) is 39.8 cm³/mol. The van der Waals surface area contributed by atoms with Gasteiger partial charge in [-0.05, 0) is 20.3 Å². The van der Waals surface area contributed by atoms with E-state index in [2.05, 4.69) is 5.32 Å². The second-order valence-corrected chi connectivity index (χ2v) is 2.35. The number of carbonyl (C=O) groups excluding carboxylic acids is 1. The minimum absolute atomic E-state index is 0.288. The van der Waals surface area contributed by atoms with E-state index < -0.39 is 0 Å². The van der Waals surface area contributed by atoms with Gasteiger partial charge in [0.15, 0.2) is 0 Å². The summed E-state index contributed by atoms with van der Waals surface area (Å²) < 4.78 is 5.23. The van der Waals surface area contributed by atoms with E-state index in [1.54, 1.807) is 0 Å². The molecule has 60 valence electrons. The summed E-state index contributed by atoms with van der Waals surface area (Å²) in [5, 5.41) is 2.56. The molecule has 0 saturated carbocycles. The van der Waals surface area contributed by atoms with Gasteiger partial charge < -0.3 is 10.1 Å².